The number of hydrogen-bond donors (Lipinski definition) is 0. The van der Waals surface area contributed by atoms with E-state index in [1.165, 1.54) is 32.1 Å². The molecule has 3 rings (SSSR count). The highest BCUT2D eigenvalue weighted by Crippen LogP contribution is 2.25. The molecule has 0 fully saturated rings. The molecule has 0 saturated heterocycles. The molecule has 0 N–H and O–H groups in total. The van der Waals surface area contributed by atoms with Crippen molar-refractivity contribution in [1.82, 2.24) is 0 Å². The first-order valence-electron chi connectivity index (χ1n) is 11.2. The van der Waals surface area contributed by atoms with Gasteiger partial charge in [-0.15, -0.1) is 0 Å². The molecule has 0 unspecified atom stereocenters. The van der Waals surface area contributed by atoms with Crippen LogP contribution < -0.4 is 9.47 Å². The fraction of sp³-hybridized carbons (Fsp3) is 0.286. The van der Waals surface area contributed by atoms with Gasteiger partial charge in [-0.1, -0.05) is 87.6 Å². The predicted octanol–water partition coefficient (Wildman–Crippen LogP) is 7.86. The number of esters is 1. The zero-order valence-electron chi connectivity index (χ0n) is 18.5. The van der Waals surface area contributed by atoms with E-state index < -0.39 is 5.97 Å². The molecule has 0 amide bonds. The lowest BCUT2D eigenvalue weighted by Gasteiger charge is -2.09. The van der Waals surface area contributed by atoms with Crippen molar-refractivity contribution in [2.45, 2.75) is 45.4 Å². The summed E-state index contributed by atoms with van der Waals surface area (Å²) in [5.41, 5.74) is 3.01. The number of hydrogen-bond acceptors (Lipinski definition) is 3. The van der Waals surface area contributed by atoms with Gasteiger partial charge in [-0.2, -0.15) is 0 Å². The highest BCUT2D eigenvalue weighted by Gasteiger charge is 2.09. The van der Waals surface area contributed by atoms with E-state index in [2.05, 4.69) is 11.8 Å². The summed E-state index contributed by atoms with van der Waals surface area (Å²) in [6.07, 6.45) is 7.52. The minimum absolute atomic E-state index is 0.415. The molecule has 0 radical (unpaired) electrons. The SMILES string of the molecule is [C-]#[N+]c1ccc(C(=O)Oc2ccc(-c3ccc(OCCCCCCCC)cc3)cc2)cc1. The summed E-state index contributed by atoms with van der Waals surface area (Å²) in [6, 6.07) is 21.9. The van der Waals surface area contributed by atoms with E-state index in [9.17, 15) is 4.79 Å². The van der Waals surface area contributed by atoms with E-state index in [-0.39, 0.29) is 0 Å². The second-order valence-corrected chi connectivity index (χ2v) is 7.71. The molecule has 0 spiro atoms. The van der Waals surface area contributed by atoms with E-state index in [0.717, 1.165) is 29.9 Å². The molecule has 4 nitrogen and oxygen atoms in total. The van der Waals surface area contributed by atoms with Gasteiger partial charge >= 0.3 is 5.97 Å². The van der Waals surface area contributed by atoms with Crippen molar-refractivity contribution >= 4 is 11.7 Å². The fourth-order valence-electron chi connectivity index (χ4n) is 3.37. The normalized spacial score (nSPS) is 10.4. The van der Waals surface area contributed by atoms with Crippen molar-refractivity contribution in [1.29, 1.82) is 0 Å². The van der Waals surface area contributed by atoms with E-state index in [4.69, 9.17) is 16.0 Å². The number of benzene rings is 3. The lowest BCUT2D eigenvalue weighted by Crippen LogP contribution is -2.07. The molecule has 0 aliphatic rings. The largest absolute Gasteiger partial charge is 0.494 e. The zero-order chi connectivity index (χ0) is 22.6. The van der Waals surface area contributed by atoms with E-state index in [1.807, 2.05) is 36.4 Å². The number of carbonyl (C=O) groups is 1. The standard InChI is InChI=1S/C28H29NO3/c1-3-4-5-6-7-8-21-31-26-17-11-22(12-18-26)23-13-19-27(20-14-23)32-28(30)24-9-15-25(29-2)16-10-24/h9-20H,3-8,21H2,1H3. The van der Waals surface area contributed by atoms with Gasteiger partial charge in [0.05, 0.1) is 18.7 Å². The average molecular weight is 428 g/mol. The Kier molecular flexibility index (Phi) is 8.89. The summed E-state index contributed by atoms with van der Waals surface area (Å²) in [7, 11) is 0. The van der Waals surface area contributed by atoms with Crippen LogP contribution in [0.1, 0.15) is 55.8 Å². The molecule has 32 heavy (non-hydrogen) atoms. The van der Waals surface area contributed by atoms with Gasteiger partial charge in [-0.3, -0.25) is 0 Å². The Labute approximate surface area is 190 Å². The zero-order valence-corrected chi connectivity index (χ0v) is 18.5. The Morgan fingerprint density at radius 1 is 0.750 bits per heavy atom. The summed E-state index contributed by atoms with van der Waals surface area (Å²) in [6.45, 7) is 9.96. The lowest BCUT2D eigenvalue weighted by molar-refractivity contribution is 0.0735. The van der Waals surface area contributed by atoms with Crippen LogP contribution >= 0.6 is 0 Å². The Morgan fingerprint density at radius 3 is 1.91 bits per heavy atom. The van der Waals surface area contributed by atoms with Crippen LogP contribution in [0.3, 0.4) is 0 Å². The van der Waals surface area contributed by atoms with Gasteiger partial charge in [-0.05, 0) is 41.8 Å². The van der Waals surface area contributed by atoms with Crippen LogP contribution in [-0.4, -0.2) is 12.6 Å². The molecule has 164 valence electrons. The van der Waals surface area contributed by atoms with Gasteiger partial charge in [-0.25, -0.2) is 9.64 Å². The predicted molar refractivity (Wildman–Crippen MR) is 128 cm³/mol. The third-order valence-electron chi connectivity index (χ3n) is 5.25. The van der Waals surface area contributed by atoms with Crippen LogP contribution in [-0.2, 0) is 0 Å². The van der Waals surface area contributed by atoms with Crippen molar-refractivity contribution in [2.24, 2.45) is 0 Å². The van der Waals surface area contributed by atoms with Crippen molar-refractivity contribution in [3.05, 3.63) is 89.8 Å². The van der Waals surface area contributed by atoms with Gasteiger partial charge in [0.2, 0.25) is 0 Å². The maximum Gasteiger partial charge on any atom is 0.343 e. The second kappa shape index (κ2) is 12.3. The first-order chi connectivity index (χ1) is 15.7. The number of unbranched alkanes of at least 4 members (excludes halogenated alkanes) is 5. The highest BCUT2D eigenvalue weighted by molar-refractivity contribution is 5.91. The van der Waals surface area contributed by atoms with Gasteiger partial charge in [0.15, 0.2) is 5.69 Å². The van der Waals surface area contributed by atoms with Crippen LogP contribution in [0, 0.1) is 6.57 Å². The monoisotopic (exact) mass is 427 g/mol. The van der Waals surface area contributed by atoms with Gasteiger partial charge in [0, 0.05) is 0 Å². The number of carbonyl (C=O) groups excluding carboxylic acids is 1. The van der Waals surface area contributed by atoms with Crippen molar-refractivity contribution in [2.75, 3.05) is 6.61 Å². The van der Waals surface area contributed by atoms with Crippen LogP contribution in [0.25, 0.3) is 16.0 Å². The Balaban J connectivity index is 1.48. The molecule has 3 aromatic carbocycles. The summed E-state index contributed by atoms with van der Waals surface area (Å²) in [4.78, 5) is 15.6. The minimum atomic E-state index is -0.443. The molecule has 0 heterocycles. The van der Waals surface area contributed by atoms with E-state index >= 15 is 0 Å². The van der Waals surface area contributed by atoms with Crippen LogP contribution in [0.4, 0.5) is 5.69 Å². The van der Waals surface area contributed by atoms with Crippen LogP contribution in [0.5, 0.6) is 11.5 Å². The first-order valence-corrected chi connectivity index (χ1v) is 11.2. The maximum absolute atomic E-state index is 12.3. The molecule has 0 bridgehead atoms. The van der Waals surface area contributed by atoms with Crippen molar-refractivity contribution in [3.8, 4) is 22.6 Å². The number of nitrogens with zero attached hydrogens (tertiary/aromatic N) is 1. The Bertz CT molecular complexity index is 1020. The lowest BCUT2D eigenvalue weighted by atomic mass is 10.1. The topological polar surface area (TPSA) is 39.9 Å². The summed E-state index contributed by atoms with van der Waals surface area (Å²) < 4.78 is 11.3. The smallest absolute Gasteiger partial charge is 0.343 e. The molecule has 0 aromatic heterocycles. The molecule has 0 aliphatic heterocycles. The first kappa shape index (κ1) is 23.1. The maximum atomic E-state index is 12.3. The Morgan fingerprint density at radius 2 is 1.31 bits per heavy atom. The van der Waals surface area contributed by atoms with Crippen molar-refractivity contribution in [3.63, 3.8) is 0 Å². The molecule has 4 heteroatoms. The number of ether oxygens (including phenoxy) is 2. The third-order valence-corrected chi connectivity index (χ3v) is 5.25. The van der Waals surface area contributed by atoms with E-state index in [1.54, 1.807) is 36.4 Å². The summed E-state index contributed by atoms with van der Waals surface area (Å²) in [5.74, 6) is 0.921. The third kappa shape index (κ3) is 6.99. The minimum Gasteiger partial charge on any atom is -0.494 e. The molecule has 0 aliphatic carbocycles. The van der Waals surface area contributed by atoms with Crippen molar-refractivity contribution < 1.29 is 14.3 Å². The van der Waals surface area contributed by atoms with E-state index in [0.29, 0.717) is 17.0 Å². The summed E-state index contributed by atoms with van der Waals surface area (Å²) in [5, 5.41) is 0. The quantitative estimate of drug-likeness (QED) is 0.135. The van der Waals surface area contributed by atoms with Gasteiger partial charge in [0.25, 0.3) is 0 Å². The molecule has 0 saturated carbocycles. The van der Waals surface area contributed by atoms with Gasteiger partial charge in [0.1, 0.15) is 11.5 Å². The fourth-order valence-corrected chi connectivity index (χ4v) is 3.37. The molecular formula is C28H29NO3. The highest BCUT2D eigenvalue weighted by atomic mass is 16.5. The van der Waals surface area contributed by atoms with Crippen LogP contribution in [0.15, 0.2) is 72.8 Å². The van der Waals surface area contributed by atoms with Crippen LogP contribution in [0.2, 0.25) is 0 Å². The number of rotatable bonds is 11. The second-order valence-electron chi connectivity index (χ2n) is 7.71. The Hall–Kier alpha value is -3.58. The van der Waals surface area contributed by atoms with Gasteiger partial charge < -0.3 is 9.47 Å². The summed E-state index contributed by atoms with van der Waals surface area (Å²) >= 11 is 0. The molecule has 0 atom stereocenters. The molecular weight excluding hydrogens is 398 g/mol. The molecule has 3 aromatic rings. The average Bonchev–Trinajstić information content (AvgIpc) is 2.84.